The molecular formula is C23H29N3O3. The molecule has 2 saturated heterocycles. The molecule has 154 valence electrons. The van der Waals surface area contributed by atoms with E-state index in [-0.39, 0.29) is 17.9 Å². The fourth-order valence-electron chi connectivity index (χ4n) is 5.41. The van der Waals surface area contributed by atoms with Crippen molar-refractivity contribution in [3.8, 4) is 5.75 Å². The van der Waals surface area contributed by atoms with Crippen LogP contribution < -0.4 is 10.1 Å². The van der Waals surface area contributed by atoms with E-state index >= 15 is 0 Å². The number of allylic oxidation sites excluding steroid dienone is 1. The topological polar surface area (TPSA) is 61.9 Å². The van der Waals surface area contributed by atoms with E-state index in [2.05, 4.69) is 16.8 Å². The number of fused-ring (bicyclic) bond motifs is 1. The van der Waals surface area contributed by atoms with Crippen LogP contribution in [-0.2, 0) is 11.3 Å². The minimum atomic E-state index is -0.417. The van der Waals surface area contributed by atoms with E-state index in [0.29, 0.717) is 31.0 Å². The Hall–Kier alpha value is -2.34. The first-order chi connectivity index (χ1) is 14.1. The maximum atomic E-state index is 12.9. The van der Waals surface area contributed by atoms with Gasteiger partial charge in [-0.3, -0.25) is 14.5 Å². The van der Waals surface area contributed by atoms with Gasteiger partial charge in [0.1, 0.15) is 17.9 Å². The molecule has 29 heavy (non-hydrogen) atoms. The molecule has 0 bridgehead atoms. The Morgan fingerprint density at radius 2 is 1.90 bits per heavy atom. The van der Waals surface area contributed by atoms with Gasteiger partial charge in [0.15, 0.2) is 0 Å². The molecular weight excluding hydrogens is 366 g/mol. The second-order valence-corrected chi connectivity index (χ2v) is 8.80. The van der Waals surface area contributed by atoms with Crippen LogP contribution in [0.2, 0.25) is 0 Å². The van der Waals surface area contributed by atoms with Gasteiger partial charge in [-0.25, -0.2) is 0 Å². The Balaban J connectivity index is 1.30. The first-order valence-corrected chi connectivity index (χ1v) is 10.9. The van der Waals surface area contributed by atoms with Gasteiger partial charge in [-0.15, -0.1) is 0 Å². The summed E-state index contributed by atoms with van der Waals surface area (Å²) in [4.78, 5) is 29.5. The summed E-state index contributed by atoms with van der Waals surface area (Å²) in [6.45, 7) is 6.67. The Morgan fingerprint density at radius 3 is 2.69 bits per heavy atom. The van der Waals surface area contributed by atoms with Gasteiger partial charge < -0.3 is 15.0 Å². The summed E-state index contributed by atoms with van der Waals surface area (Å²) in [6, 6.07) is 5.89. The highest BCUT2D eigenvalue weighted by atomic mass is 16.5. The number of hydrogen-bond acceptors (Lipinski definition) is 4. The van der Waals surface area contributed by atoms with Gasteiger partial charge in [0, 0.05) is 23.8 Å². The molecule has 0 radical (unpaired) electrons. The van der Waals surface area contributed by atoms with Crippen LogP contribution in [0.25, 0.3) is 0 Å². The first kappa shape index (κ1) is 18.7. The van der Waals surface area contributed by atoms with Crippen molar-refractivity contribution in [2.75, 3.05) is 13.1 Å². The normalized spacial score (nSPS) is 30.0. The summed E-state index contributed by atoms with van der Waals surface area (Å²) in [7, 11) is 0. The second-order valence-electron chi connectivity index (χ2n) is 8.80. The molecule has 1 aromatic rings. The highest BCUT2D eigenvalue weighted by molar-refractivity contribution is 6.01. The Morgan fingerprint density at radius 1 is 1.07 bits per heavy atom. The molecule has 1 aliphatic carbocycles. The van der Waals surface area contributed by atoms with Crippen molar-refractivity contribution in [3.05, 3.63) is 41.6 Å². The molecule has 1 saturated carbocycles. The van der Waals surface area contributed by atoms with Crippen LogP contribution in [0.4, 0.5) is 0 Å². The van der Waals surface area contributed by atoms with E-state index in [9.17, 15) is 9.59 Å². The number of carbonyl (C=O) groups excluding carboxylic acids is 2. The van der Waals surface area contributed by atoms with Crippen LogP contribution in [0, 0.1) is 0 Å². The average Bonchev–Trinajstić information content (AvgIpc) is 3.43. The predicted octanol–water partition coefficient (Wildman–Crippen LogP) is 2.83. The average molecular weight is 396 g/mol. The van der Waals surface area contributed by atoms with E-state index in [1.54, 1.807) is 4.90 Å². The second kappa shape index (κ2) is 7.48. The lowest BCUT2D eigenvalue weighted by molar-refractivity contribution is -0.126. The Bertz CT molecular complexity index is 846. The van der Waals surface area contributed by atoms with E-state index < -0.39 is 6.04 Å². The maximum Gasteiger partial charge on any atom is 0.255 e. The Kier molecular flexibility index (Phi) is 4.82. The molecule has 1 unspecified atom stereocenters. The lowest BCUT2D eigenvalue weighted by Gasteiger charge is -2.30. The van der Waals surface area contributed by atoms with Crippen molar-refractivity contribution < 1.29 is 14.3 Å². The number of ether oxygens (including phenoxy) is 1. The number of hydrogen-bond donors (Lipinski definition) is 1. The number of nitrogens with zero attached hydrogens (tertiary/aromatic N) is 2. The van der Waals surface area contributed by atoms with E-state index in [1.807, 2.05) is 18.2 Å². The molecule has 1 N–H and O–H groups in total. The largest absolute Gasteiger partial charge is 0.489 e. The summed E-state index contributed by atoms with van der Waals surface area (Å²) in [5.74, 6) is 0.657. The lowest BCUT2D eigenvalue weighted by atomic mass is 10.0. The smallest absolute Gasteiger partial charge is 0.255 e. The fourth-order valence-corrected chi connectivity index (χ4v) is 5.41. The van der Waals surface area contributed by atoms with Crippen molar-refractivity contribution in [1.29, 1.82) is 0 Å². The fraction of sp³-hybridized carbons (Fsp3) is 0.565. The molecule has 6 nitrogen and oxygen atoms in total. The van der Waals surface area contributed by atoms with E-state index in [0.717, 1.165) is 23.4 Å². The van der Waals surface area contributed by atoms with Crippen LogP contribution in [0.5, 0.6) is 5.75 Å². The number of amides is 2. The highest BCUT2D eigenvalue weighted by Crippen LogP contribution is 2.34. The van der Waals surface area contributed by atoms with E-state index in [1.165, 1.54) is 38.8 Å². The number of piperidine rings is 1. The zero-order chi connectivity index (χ0) is 20.0. The summed E-state index contributed by atoms with van der Waals surface area (Å²) < 4.78 is 6.41. The molecule has 0 aromatic heterocycles. The van der Waals surface area contributed by atoms with Crippen molar-refractivity contribution in [2.45, 2.75) is 69.7 Å². The summed E-state index contributed by atoms with van der Waals surface area (Å²) >= 11 is 0. The molecule has 2 amide bonds. The molecule has 1 aromatic carbocycles. The molecule has 3 heterocycles. The third kappa shape index (κ3) is 3.44. The summed E-state index contributed by atoms with van der Waals surface area (Å²) in [5.41, 5.74) is 2.38. The maximum absolute atomic E-state index is 12.9. The van der Waals surface area contributed by atoms with Crippen molar-refractivity contribution in [2.24, 2.45) is 0 Å². The highest BCUT2D eigenvalue weighted by Gasteiger charge is 2.39. The predicted molar refractivity (Wildman–Crippen MR) is 109 cm³/mol. The first-order valence-electron chi connectivity index (χ1n) is 10.9. The monoisotopic (exact) mass is 395 g/mol. The van der Waals surface area contributed by atoms with Crippen LogP contribution in [-0.4, -0.2) is 52.9 Å². The molecule has 5 rings (SSSR count). The Labute approximate surface area is 171 Å². The van der Waals surface area contributed by atoms with E-state index in [4.69, 9.17) is 4.74 Å². The lowest BCUT2D eigenvalue weighted by Crippen LogP contribution is -2.49. The van der Waals surface area contributed by atoms with Crippen molar-refractivity contribution >= 4 is 11.8 Å². The van der Waals surface area contributed by atoms with Crippen molar-refractivity contribution in [1.82, 2.24) is 15.1 Å². The quantitative estimate of drug-likeness (QED) is 0.852. The molecule has 6 heteroatoms. The van der Waals surface area contributed by atoms with Crippen LogP contribution in [0.15, 0.2) is 30.5 Å². The number of rotatable bonds is 4. The van der Waals surface area contributed by atoms with Gasteiger partial charge >= 0.3 is 0 Å². The third-order valence-corrected chi connectivity index (χ3v) is 6.92. The van der Waals surface area contributed by atoms with Crippen LogP contribution in [0.3, 0.4) is 0 Å². The van der Waals surface area contributed by atoms with Gasteiger partial charge in [-0.2, -0.15) is 0 Å². The number of nitrogens with one attached hydrogen (secondary N) is 1. The zero-order valence-electron chi connectivity index (χ0n) is 16.9. The number of carbonyl (C=O) groups is 2. The minimum absolute atomic E-state index is 0.0602. The molecule has 3 aliphatic heterocycles. The van der Waals surface area contributed by atoms with Gasteiger partial charge in [-0.05, 0) is 81.8 Å². The third-order valence-electron chi connectivity index (χ3n) is 6.92. The van der Waals surface area contributed by atoms with Gasteiger partial charge in [-0.1, -0.05) is 6.58 Å². The molecule has 3 atom stereocenters. The zero-order valence-corrected chi connectivity index (χ0v) is 16.9. The van der Waals surface area contributed by atoms with Crippen LogP contribution >= 0.6 is 0 Å². The van der Waals surface area contributed by atoms with Gasteiger partial charge in [0.2, 0.25) is 5.91 Å². The molecule has 0 spiro atoms. The molecule has 3 fully saturated rings. The minimum Gasteiger partial charge on any atom is -0.489 e. The van der Waals surface area contributed by atoms with Crippen LogP contribution in [0.1, 0.15) is 60.9 Å². The molecule has 4 aliphatic rings. The van der Waals surface area contributed by atoms with Gasteiger partial charge in [0.05, 0.1) is 0 Å². The van der Waals surface area contributed by atoms with Gasteiger partial charge in [0.25, 0.3) is 5.91 Å². The summed E-state index contributed by atoms with van der Waals surface area (Å²) in [5, 5.41) is 2.79. The standard InChI is InChI=1S/C23H29N3O3/c1-15-7-10-20(22(27)24-15)26-14-16-13-17(8-9-18(16)23(26)28)29-21-6-4-5-19(21)25-11-2-3-12-25/h8-9,13,19-21H,1-7,10-12,14H2,(H,24,27)/t19-,20?,21+/m0/s1. The number of likely N-dealkylation sites (tertiary alicyclic amines) is 1. The summed E-state index contributed by atoms with van der Waals surface area (Å²) in [6.07, 6.45) is 7.68. The SMILES string of the molecule is C=C1CCC(N2Cc3cc(O[C@@H]4CCC[C@@H]4N4CCCC4)ccc3C2=O)C(=O)N1. The number of benzene rings is 1. The van der Waals surface area contributed by atoms with Crippen molar-refractivity contribution in [3.63, 3.8) is 0 Å².